The van der Waals surface area contributed by atoms with Crippen LogP contribution in [0.2, 0.25) is 0 Å². The highest BCUT2D eigenvalue weighted by molar-refractivity contribution is 7.84. The van der Waals surface area contributed by atoms with E-state index in [-0.39, 0.29) is 11.5 Å². The van der Waals surface area contributed by atoms with E-state index in [1.807, 2.05) is 6.07 Å². The molecule has 4 nitrogen and oxygen atoms in total. The van der Waals surface area contributed by atoms with Gasteiger partial charge in [0.05, 0.1) is 11.6 Å². The van der Waals surface area contributed by atoms with E-state index in [0.29, 0.717) is 11.1 Å². The van der Waals surface area contributed by atoms with Crippen LogP contribution in [0.5, 0.6) is 0 Å². The van der Waals surface area contributed by atoms with Crippen LogP contribution in [-0.2, 0) is 21.3 Å². The highest BCUT2D eigenvalue weighted by atomic mass is 32.2. The standard InChI is InChI=1S/C10H9NO3S/c11-5-8-2-1-3-9(4-8)6-15(14)7-10(12)13/h1-4H,6-7H2,(H,12,13). The van der Waals surface area contributed by atoms with Crippen LogP contribution in [0.25, 0.3) is 0 Å². The summed E-state index contributed by atoms with van der Waals surface area (Å²) in [5.74, 6) is -1.27. The predicted molar refractivity (Wildman–Crippen MR) is 55.5 cm³/mol. The van der Waals surface area contributed by atoms with Crippen molar-refractivity contribution in [2.75, 3.05) is 5.75 Å². The molecule has 0 aliphatic carbocycles. The van der Waals surface area contributed by atoms with Gasteiger partial charge in [-0.1, -0.05) is 12.1 Å². The fraction of sp³-hybridized carbons (Fsp3) is 0.200. The van der Waals surface area contributed by atoms with Gasteiger partial charge in [-0.25, -0.2) is 0 Å². The minimum atomic E-state index is -1.42. The van der Waals surface area contributed by atoms with Crippen LogP contribution in [0.15, 0.2) is 24.3 Å². The van der Waals surface area contributed by atoms with E-state index in [1.165, 1.54) is 0 Å². The molecule has 0 bridgehead atoms. The van der Waals surface area contributed by atoms with Crippen LogP contribution < -0.4 is 0 Å². The molecule has 0 radical (unpaired) electrons. The van der Waals surface area contributed by atoms with Crippen LogP contribution in [0.1, 0.15) is 11.1 Å². The zero-order valence-electron chi connectivity index (χ0n) is 7.84. The number of aliphatic carboxylic acids is 1. The Morgan fingerprint density at radius 3 is 2.87 bits per heavy atom. The van der Waals surface area contributed by atoms with Crippen molar-refractivity contribution in [1.82, 2.24) is 0 Å². The van der Waals surface area contributed by atoms with Crippen LogP contribution in [0, 0.1) is 11.3 Å². The van der Waals surface area contributed by atoms with Gasteiger partial charge in [-0.05, 0) is 17.7 Å². The van der Waals surface area contributed by atoms with Gasteiger partial charge in [-0.3, -0.25) is 9.00 Å². The van der Waals surface area contributed by atoms with Crippen LogP contribution >= 0.6 is 0 Å². The molecule has 1 atom stereocenters. The maximum atomic E-state index is 11.3. The first-order valence-electron chi connectivity index (χ1n) is 4.17. The van der Waals surface area contributed by atoms with Gasteiger partial charge in [0.15, 0.2) is 0 Å². The largest absolute Gasteiger partial charge is 0.481 e. The van der Waals surface area contributed by atoms with E-state index < -0.39 is 16.8 Å². The van der Waals surface area contributed by atoms with Crippen molar-refractivity contribution in [2.45, 2.75) is 5.75 Å². The molecule has 15 heavy (non-hydrogen) atoms. The molecule has 1 rings (SSSR count). The van der Waals surface area contributed by atoms with Crippen LogP contribution in [0.4, 0.5) is 0 Å². The number of carboxylic acid groups (broad SMARTS) is 1. The average Bonchev–Trinajstić information content (AvgIpc) is 2.16. The van der Waals surface area contributed by atoms with Gasteiger partial charge in [-0.2, -0.15) is 5.26 Å². The number of nitriles is 1. The molecule has 0 aromatic heterocycles. The van der Waals surface area contributed by atoms with Crippen molar-refractivity contribution >= 4 is 16.8 Å². The smallest absolute Gasteiger partial charge is 0.316 e. The van der Waals surface area contributed by atoms with Crippen molar-refractivity contribution in [3.05, 3.63) is 35.4 Å². The van der Waals surface area contributed by atoms with E-state index in [4.69, 9.17) is 10.4 Å². The molecule has 0 aliphatic rings. The predicted octanol–water partition coefficient (Wildman–Crippen LogP) is 0.892. The molecule has 78 valence electrons. The van der Waals surface area contributed by atoms with Crippen LogP contribution in [-0.4, -0.2) is 21.0 Å². The highest BCUT2D eigenvalue weighted by Crippen LogP contribution is 2.06. The number of carbonyl (C=O) groups is 1. The monoisotopic (exact) mass is 223 g/mol. The molecule has 0 heterocycles. The number of benzene rings is 1. The van der Waals surface area contributed by atoms with Gasteiger partial charge in [-0.15, -0.1) is 0 Å². The fourth-order valence-electron chi connectivity index (χ4n) is 1.11. The number of rotatable bonds is 4. The zero-order chi connectivity index (χ0) is 11.3. The summed E-state index contributed by atoms with van der Waals surface area (Å²) < 4.78 is 11.3. The number of hydrogen-bond acceptors (Lipinski definition) is 3. The third-order valence-electron chi connectivity index (χ3n) is 1.67. The third-order valence-corrected chi connectivity index (χ3v) is 2.89. The highest BCUT2D eigenvalue weighted by Gasteiger charge is 2.07. The van der Waals surface area contributed by atoms with Gasteiger partial charge in [0.1, 0.15) is 5.75 Å². The van der Waals surface area contributed by atoms with E-state index in [2.05, 4.69) is 0 Å². The Morgan fingerprint density at radius 2 is 2.27 bits per heavy atom. The fourth-order valence-corrected chi connectivity index (χ4v) is 2.03. The SMILES string of the molecule is N#Cc1cccc(CS(=O)CC(=O)O)c1. The summed E-state index contributed by atoms with van der Waals surface area (Å²) in [5, 5.41) is 17.0. The molecule has 0 fully saturated rings. The van der Waals surface area contributed by atoms with E-state index in [0.717, 1.165) is 0 Å². The molecule has 1 aromatic carbocycles. The lowest BCUT2D eigenvalue weighted by atomic mass is 10.2. The Labute approximate surface area is 89.6 Å². The number of hydrogen-bond donors (Lipinski definition) is 1. The van der Waals surface area contributed by atoms with Gasteiger partial charge >= 0.3 is 5.97 Å². The van der Waals surface area contributed by atoms with Crippen molar-refractivity contribution in [3.63, 3.8) is 0 Å². The number of carboxylic acids is 1. The Morgan fingerprint density at radius 1 is 1.53 bits per heavy atom. The third kappa shape index (κ3) is 3.92. The lowest BCUT2D eigenvalue weighted by Gasteiger charge is -2.00. The van der Waals surface area contributed by atoms with Crippen LogP contribution in [0.3, 0.4) is 0 Å². The second kappa shape index (κ2) is 5.27. The van der Waals surface area contributed by atoms with Crippen molar-refractivity contribution < 1.29 is 14.1 Å². The maximum Gasteiger partial charge on any atom is 0.316 e. The molecule has 1 N–H and O–H groups in total. The molecule has 1 aromatic rings. The Balaban J connectivity index is 2.69. The molecular formula is C10H9NO3S. The quantitative estimate of drug-likeness (QED) is 0.822. The van der Waals surface area contributed by atoms with Gasteiger partial charge in [0.2, 0.25) is 0 Å². The van der Waals surface area contributed by atoms with Crippen molar-refractivity contribution in [2.24, 2.45) is 0 Å². The number of nitrogens with zero attached hydrogens (tertiary/aromatic N) is 1. The van der Waals surface area contributed by atoms with Gasteiger partial charge in [0.25, 0.3) is 0 Å². The van der Waals surface area contributed by atoms with E-state index in [9.17, 15) is 9.00 Å². The average molecular weight is 223 g/mol. The van der Waals surface area contributed by atoms with E-state index in [1.54, 1.807) is 24.3 Å². The first-order valence-corrected chi connectivity index (χ1v) is 5.66. The normalized spacial score (nSPS) is 11.7. The summed E-state index contributed by atoms with van der Waals surface area (Å²) in [6.45, 7) is 0. The summed E-state index contributed by atoms with van der Waals surface area (Å²) in [6, 6.07) is 8.63. The topological polar surface area (TPSA) is 78.2 Å². The molecule has 1 unspecified atom stereocenters. The minimum absolute atomic E-state index is 0.168. The van der Waals surface area contributed by atoms with Gasteiger partial charge in [0, 0.05) is 16.6 Å². The molecule has 5 heteroatoms. The maximum absolute atomic E-state index is 11.3. The molecule has 0 saturated carbocycles. The summed E-state index contributed by atoms with van der Waals surface area (Å²) in [4.78, 5) is 10.3. The lowest BCUT2D eigenvalue weighted by Crippen LogP contribution is -2.10. The molecular weight excluding hydrogens is 214 g/mol. The van der Waals surface area contributed by atoms with Crippen molar-refractivity contribution in [1.29, 1.82) is 5.26 Å². The second-order valence-corrected chi connectivity index (χ2v) is 4.39. The Bertz CT molecular complexity index is 437. The first kappa shape index (κ1) is 11.4. The summed E-state index contributed by atoms with van der Waals surface area (Å²) in [5.41, 5.74) is 1.20. The molecule has 0 amide bonds. The summed E-state index contributed by atoms with van der Waals surface area (Å²) in [6.07, 6.45) is 0. The van der Waals surface area contributed by atoms with Gasteiger partial charge < -0.3 is 5.11 Å². The molecule has 0 spiro atoms. The second-order valence-electron chi connectivity index (χ2n) is 2.93. The molecule has 0 saturated heterocycles. The Hall–Kier alpha value is -1.67. The zero-order valence-corrected chi connectivity index (χ0v) is 8.66. The summed E-state index contributed by atoms with van der Waals surface area (Å²) >= 11 is 0. The first-order chi connectivity index (χ1) is 7.11. The minimum Gasteiger partial charge on any atom is -0.481 e. The van der Waals surface area contributed by atoms with Crippen molar-refractivity contribution in [3.8, 4) is 6.07 Å². The molecule has 0 aliphatic heterocycles. The Kier molecular flexibility index (Phi) is 4.01. The van der Waals surface area contributed by atoms with E-state index >= 15 is 0 Å². The lowest BCUT2D eigenvalue weighted by molar-refractivity contribution is -0.133. The summed E-state index contributed by atoms with van der Waals surface area (Å²) in [7, 11) is -1.42.